The smallest absolute Gasteiger partial charge is 0.245 e. The predicted molar refractivity (Wildman–Crippen MR) is 77.5 cm³/mol. The number of nitrogens with two attached hydrogens (primary N) is 1. The first kappa shape index (κ1) is 13.1. The normalized spacial score (nSPS) is 26.9. The molecule has 2 aromatic heterocycles. The molecule has 20 heavy (non-hydrogen) atoms. The van der Waals surface area contributed by atoms with Gasteiger partial charge in [-0.25, -0.2) is 9.97 Å². The highest BCUT2D eigenvalue weighted by molar-refractivity contribution is 5.79. The third-order valence-corrected chi connectivity index (χ3v) is 4.38. The Morgan fingerprint density at radius 1 is 1.30 bits per heavy atom. The SMILES string of the molecule is COc1ncnc2c1nc(N)n2C1CCC(C)CC1C. The van der Waals surface area contributed by atoms with Gasteiger partial charge in [0.1, 0.15) is 6.33 Å². The number of aromatic nitrogens is 4. The number of fused-ring (bicyclic) bond motifs is 1. The first-order valence-electron chi connectivity index (χ1n) is 7.14. The monoisotopic (exact) mass is 275 g/mol. The fourth-order valence-corrected chi connectivity index (χ4v) is 3.41. The van der Waals surface area contributed by atoms with Crippen LogP contribution in [0, 0.1) is 11.8 Å². The molecule has 1 aliphatic rings. The van der Waals surface area contributed by atoms with E-state index in [9.17, 15) is 0 Å². The maximum Gasteiger partial charge on any atom is 0.245 e. The van der Waals surface area contributed by atoms with Gasteiger partial charge in [-0.3, -0.25) is 4.57 Å². The van der Waals surface area contributed by atoms with Crippen molar-refractivity contribution in [3.63, 3.8) is 0 Å². The largest absolute Gasteiger partial charge is 0.479 e. The lowest BCUT2D eigenvalue weighted by molar-refractivity contribution is 0.212. The van der Waals surface area contributed by atoms with Crippen LogP contribution >= 0.6 is 0 Å². The van der Waals surface area contributed by atoms with Crippen LogP contribution < -0.4 is 10.5 Å². The summed E-state index contributed by atoms with van der Waals surface area (Å²) in [5.74, 6) is 2.34. The molecule has 1 aliphatic carbocycles. The lowest BCUT2D eigenvalue weighted by Gasteiger charge is -2.33. The van der Waals surface area contributed by atoms with Gasteiger partial charge in [-0.2, -0.15) is 4.98 Å². The molecule has 3 unspecified atom stereocenters. The van der Waals surface area contributed by atoms with Gasteiger partial charge in [0.15, 0.2) is 11.2 Å². The zero-order valence-electron chi connectivity index (χ0n) is 12.2. The summed E-state index contributed by atoms with van der Waals surface area (Å²) in [7, 11) is 1.59. The van der Waals surface area contributed by atoms with Crippen molar-refractivity contribution in [2.45, 2.75) is 39.2 Å². The number of rotatable bonds is 2. The van der Waals surface area contributed by atoms with Gasteiger partial charge in [0.25, 0.3) is 0 Å². The van der Waals surface area contributed by atoms with Crippen LogP contribution in [0.25, 0.3) is 11.2 Å². The summed E-state index contributed by atoms with van der Waals surface area (Å²) in [5.41, 5.74) is 7.56. The van der Waals surface area contributed by atoms with E-state index in [0.29, 0.717) is 29.3 Å². The zero-order chi connectivity index (χ0) is 14.3. The van der Waals surface area contributed by atoms with E-state index < -0.39 is 0 Å². The number of imidazole rings is 1. The van der Waals surface area contributed by atoms with E-state index in [1.165, 1.54) is 19.2 Å². The molecule has 0 spiro atoms. The van der Waals surface area contributed by atoms with Gasteiger partial charge in [-0.05, 0) is 31.1 Å². The highest BCUT2D eigenvalue weighted by Crippen LogP contribution is 2.39. The van der Waals surface area contributed by atoms with Crippen molar-refractivity contribution in [1.29, 1.82) is 0 Å². The van der Waals surface area contributed by atoms with Crippen LogP contribution in [0.15, 0.2) is 6.33 Å². The molecule has 0 radical (unpaired) electrons. The number of hydrogen-bond acceptors (Lipinski definition) is 5. The minimum atomic E-state index is 0.357. The Balaban J connectivity index is 2.09. The molecule has 0 amide bonds. The summed E-state index contributed by atoms with van der Waals surface area (Å²) >= 11 is 0. The van der Waals surface area contributed by atoms with Gasteiger partial charge < -0.3 is 10.5 Å². The molecule has 108 valence electrons. The molecule has 1 fully saturated rings. The van der Waals surface area contributed by atoms with Crippen LogP contribution in [-0.2, 0) is 0 Å². The minimum Gasteiger partial charge on any atom is -0.479 e. The average Bonchev–Trinajstić information content (AvgIpc) is 2.75. The molecule has 0 aromatic carbocycles. The number of hydrogen-bond donors (Lipinski definition) is 1. The first-order chi connectivity index (χ1) is 9.61. The molecule has 2 N–H and O–H groups in total. The van der Waals surface area contributed by atoms with Crippen molar-refractivity contribution in [3.05, 3.63) is 6.33 Å². The van der Waals surface area contributed by atoms with Gasteiger partial charge in [0.2, 0.25) is 11.8 Å². The maximum atomic E-state index is 6.13. The molecule has 0 aliphatic heterocycles. The highest BCUT2D eigenvalue weighted by atomic mass is 16.5. The molecule has 2 aromatic rings. The molecular weight excluding hydrogens is 254 g/mol. The Hall–Kier alpha value is -1.85. The Morgan fingerprint density at radius 2 is 2.10 bits per heavy atom. The number of nitrogens with zero attached hydrogens (tertiary/aromatic N) is 4. The van der Waals surface area contributed by atoms with Crippen LogP contribution in [0.5, 0.6) is 5.88 Å². The molecule has 3 rings (SSSR count). The van der Waals surface area contributed by atoms with Crippen LogP contribution in [-0.4, -0.2) is 26.6 Å². The summed E-state index contributed by atoms with van der Waals surface area (Å²) in [6.07, 6.45) is 5.06. The summed E-state index contributed by atoms with van der Waals surface area (Å²) in [5, 5.41) is 0. The van der Waals surface area contributed by atoms with Gasteiger partial charge in [0, 0.05) is 6.04 Å². The number of methoxy groups -OCH3 is 1. The summed E-state index contributed by atoms with van der Waals surface area (Å²) < 4.78 is 7.31. The molecule has 1 saturated carbocycles. The zero-order valence-corrected chi connectivity index (χ0v) is 12.2. The quantitative estimate of drug-likeness (QED) is 0.910. The van der Waals surface area contributed by atoms with E-state index in [0.717, 1.165) is 18.0 Å². The van der Waals surface area contributed by atoms with Gasteiger partial charge >= 0.3 is 0 Å². The second-order valence-electron chi connectivity index (χ2n) is 5.86. The number of anilines is 1. The molecule has 6 nitrogen and oxygen atoms in total. The summed E-state index contributed by atoms with van der Waals surface area (Å²) in [6.45, 7) is 4.59. The van der Waals surface area contributed by atoms with Crippen LogP contribution in [0.4, 0.5) is 5.95 Å². The fourth-order valence-electron chi connectivity index (χ4n) is 3.41. The van der Waals surface area contributed by atoms with Crippen molar-refractivity contribution in [1.82, 2.24) is 19.5 Å². The van der Waals surface area contributed by atoms with E-state index >= 15 is 0 Å². The molecule has 6 heteroatoms. The Morgan fingerprint density at radius 3 is 2.80 bits per heavy atom. The van der Waals surface area contributed by atoms with Gasteiger partial charge in [-0.15, -0.1) is 0 Å². The predicted octanol–water partition coefficient (Wildman–Crippen LogP) is 2.41. The van der Waals surface area contributed by atoms with Crippen molar-refractivity contribution in [3.8, 4) is 5.88 Å². The molecule has 0 saturated heterocycles. The third-order valence-electron chi connectivity index (χ3n) is 4.38. The molecule has 2 heterocycles. The van der Waals surface area contributed by atoms with Crippen LogP contribution in [0.1, 0.15) is 39.2 Å². The number of ether oxygens (including phenoxy) is 1. The van der Waals surface area contributed by atoms with E-state index in [-0.39, 0.29) is 0 Å². The Kier molecular flexibility index (Phi) is 3.23. The van der Waals surface area contributed by atoms with Crippen molar-refractivity contribution in [2.24, 2.45) is 11.8 Å². The maximum absolute atomic E-state index is 6.13. The van der Waals surface area contributed by atoms with Gasteiger partial charge in [-0.1, -0.05) is 13.8 Å². The Bertz CT molecular complexity index is 623. The lowest BCUT2D eigenvalue weighted by Crippen LogP contribution is -2.25. The molecule has 3 atom stereocenters. The van der Waals surface area contributed by atoms with E-state index in [2.05, 4.69) is 33.4 Å². The number of nitrogen functional groups attached to an aromatic ring is 1. The van der Waals surface area contributed by atoms with E-state index in [4.69, 9.17) is 10.5 Å². The summed E-state index contributed by atoms with van der Waals surface area (Å²) in [6, 6.07) is 0.357. The fraction of sp³-hybridized carbons (Fsp3) is 0.643. The topological polar surface area (TPSA) is 78.8 Å². The van der Waals surface area contributed by atoms with Crippen molar-refractivity contribution < 1.29 is 4.74 Å². The molecular formula is C14H21N5O. The standard InChI is InChI=1S/C14H21N5O/c1-8-4-5-10(9(2)6-8)19-12-11(18-14(19)15)13(20-3)17-7-16-12/h7-10H,4-6H2,1-3H3,(H2,15,18). The lowest BCUT2D eigenvalue weighted by atomic mass is 9.80. The highest BCUT2D eigenvalue weighted by Gasteiger charge is 2.30. The first-order valence-corrected chi connectivity index (χ1v) is 7.14. The minimum absolute atomic E-state index is 0.357. The van der Waals surface area contributed by atoms with E-state index in [1.54, 1.807) is 7.11 Å². The van der Waals surface area contributed by atoms with E-state index in [1.807, 2.05) is 0 Å². The second kappa shape index (κ2) is 4.92. The third kappa shape index (κ3) is 1.99. The average molecular weight is 275 g/mol. The second-order valence-corrected chi connectivity index (χ2v) is 5.86. The Labute approximate surface area is 118 Å². The summed E-state index contributed by atoms with van der Waals surface area (Å²) in [4.78, 5) is 12.9. The van der Waals surface area contributed by atoms with Crippen molar-refractivity contribution in [2.75, 3.05) is 12.8 Å². The van der Waals surface area contributed by atoms with Crippen molar-refractivity contribution >= 4 is 17.1 Å². The van der Waals surface area contributed by atoms with Crippen LogP contribution in [0.2, 0.25) is 0 Å². The molecule has 0 bridgehead atoms. The van der Waals surface area contributed by atoms with Crippen LogP contribution in [0.3, 0.4) is 0 Å². The van der Waals surface area contributed by atoms with Gasteiger partial charge in [0.05, 0.1) is 7.11 Å².